The van der Waals surface area contributed by atoms with E-state index in [9.17, 15) is 4.79 Å². The minimum atomic E-state index is 0.181. The third-order valence-electron chi connectivity index (χ3n) is 2.79. The lowest BCUT2D eigenvalue weighted by Crippen LogP contribution is -1.88. The summed E-state index contributed by atoms with van der Waals surface area (Å²) in [5.41, 5.74) is 0. The lowest BCUT2D eigenvalue weighted by molar-refractivity contribution is 0.102. The van der Waals surface area contributed by atoms with Crippen molar-refractivity contribution in [1.82, 2.24) is 0 Å². The van der Waals surface area contributed by atoms with Gasteiger partial charge in [0.05, 0.1) is 4.88 Å². The number of thiophene rings is 1. The van der Waals surface area contributed by atoms with E-state index in [0.29, 0.717) is 5.92 Å². The maximum atomic E-state index is 11.2. The van der Waals surface area contributed by atoms with E-state index in [1.54, 1.807) is 18.3 Å². The second kappa shape index (κ2) is 4.15. The third kappa shape index (κ3) is 1.94. The quantitative estimate of drug-likeness (QED) is 0.731. The average molecular weight is 273 g/mol. The lowest BCUT2D eigenvalue weighted by atomic mass is 10.1. The minimum Gasteiger partial charge on any atom is -0.294 e. The molecule has 0 aromatic carbocycles. The smallest absolute Gasteiger partial charge is 0.169 e. The average Bonchev–Trinajstić information content (AvgIpc) is 2.71. The van der Waals surface area contributed by atoms with Gasteiger partial charge in [0, 0.05) is 9.35 Å². The standard InChI is InChI=1S/C11H13BrOS/c1-7(13)10-6-9(12)11(14-10)8-4-2-3-5-8/h6,8H,2-5H2,1H3. The molecule has 0 aliphatic heterocycles. The first-order valence-electron chi connectivity index (χ1n) is 4.98. The second-order valence-electron chi connectivity index (χ2n) is 3.86. The first kappa shape index (κ1) is 10.4. The van der Waals surface area contributed by atoms with Crippen molar-refractivity contribution in [3.63, 3.8) is 0 Å². The van der Waals surface area contributed by atoms with Gasteiger partial charge in [0.1, 0.15) is 0 Å². The number of carbonyl (C=O) groups excluding carboxylic acids is 1. The van der Waals surface area contributed by atoms with E-state index in [0.717, 1.165) is 9.35 Å². The Morgan fingerprint density at radius 1 is 1.50 bits per heavy atom. The number of Topliss-reactive ketones (excluding diaryl/α,β-unsaturated/α-hetero) is 1. The molecule has 2 rings (SSSR count). The summed E-state index contributed by atoms with van der Waals surface area (Å²) >= 11 is 5.22. The molecule has 1 aliphatic rings. The van der Waals surface area contributed by atoms with E-state index in [1.807, 2.05) is 6.07 Å². The van der Waals surface area contributed by atoms with E-state index >= 15 is 0 Å². The van der Waals surface area contributed by atoms with Crippen molar-refractivity contribution in [3.05, 3.63) is 20.3 Å². The van der Waals surface area contributed by atoms with E-state index in [2.05, 4.69) is 15.9 Å². The van der Waals surface area contributed by atoms with Gasteiger partial charge in [0.15, 0.2) is 5.78 Å². The van der Waals surface area contributed by atoms with Crippen molar-refractivity contribution < 1.29 is 4.79 Å². The van der Waals surface area contributed by atoms with Gasteiger partial charge >= 0.3 is 0 Å². The van der Waals surface area contributed by atoms with Gasteiger partial charge in [-0.15, -0.1) is 11.3 Å². The van der Waals surface area contributed by atoms with Gasteiger partial charge in [0.2, 0.25) is 0 Å². The number of carbonyl (C=O) groups is 1. The molecule has 1 saturated carbocycles. The normalized spacial score (nSPS) is 17.6. The maximum Gasteiger partial charge on any atom is 0.169 e. The van der Waals surface area contributed by atoms with Crippen molar-refractivity contribution in [2.75, 3.05) is 0 Å². The molecule has 1 aromatic rings. The number of hydrogen-bond donors (Lipinski definition) is 0. The van der Waals surface area contributed by atoms with Gasteiger partial charge in [-0.25, -0.2) is 0 Å². The fourth-order valence-corrected chi connectivity index (χ4v) is 4.09. The molecule has 1 heterocycles. The SMILES string of the molecule is CC(=O)c1cc(Br)c(C2CCCC2)s1. The minimum absolute atomic E-state index is 0.181. The van der Waals surface area contributed by atoms with Gasteiger partial charge in [-0.3, -0.25) is 4.79 Å². The van der Waals surface area contributed by atoms with E-state index in [4.69, 9.17) is 0 Å². The highest BCUT2D eigenvalue weighted by atomic mass is 79.9. The number of hydrogen-bond acceptors (Lipinski definition) is 2. The molecule has 76 valence electrons. The summed E-state index contributed by atoms with van der Waals surface area (Å²) in [5, 5.41) is 0. The predicted octanol–water partition coefficient (Wildman–Crippen LogP) is 4.37. The Kier molecular flexibility index (Phi) is 3.07. The van der Waals surface area contributed by atoms with Crippen molar-refractivity contribution in [1.29, 1.82) is 0 Å². The Balaban J connectivity index is 2.28. The Labute approximate surface area is 96.6 Å². The zero-order valence-corrected chi connectivity index (χ0v) is 10.6. The lowest BCUT2D eigenvalue weighted by Gasteiger charge is -2.05. The molecule has 1 aliphatic carbocycles. The molecular weight excluding hydrogens is 260 g/mol. The van der Waals surface area contributed by atoms with Crippen LogP contribution in [0.5, 0.6) is 0 Å². The molecule has 1 fully saturated rings. The topological polar surface area (TPSA) is 17.1 Å². The Bertz CT molecular complexity index is 350. The van der Waals surface area contributed by atoms with Crippen LogP contribution >= 0.6 is 27.3 Å². The van der Waals surface area contributed by atoms with Crippen molar-refractivity contribution >= 4 is 33.0 Å². The molecule has 0 bridgehead atoms. The van der Waals surface area contributed by atoms with Gasteiger partial charge in [-0.1, -0.05) is 12.8 Å². The van der Waals surface area contributed by atoms with Crippen molar-refractivity contribution in [2.24, 2.45) is 0 Å². The van der Waals surface area contributed by atoms with Gasteiger partial charge < -0.3 is 0 Å². The number of ketones is 1. The Hall–Kier alpha value is -0.150. The van der Waals surface area contributed by atoms with Gasteiger partial charge in [0.25, 0.3) is 0 Å². The molecule has 0 unspecified atom stereocenters. The van der Waals surface area contributed by atoms with Crippen LogP contribution in [0, 0.1) is 0 Å². The highest BCUT2D eigenvalue weighted by Gasteiger charge is 2.22. The summed E-state index contributed by atoms with van der Waals surface area (Å²) in [6, 6.07) is 1.97. The highest BCUT2D eigenvalue weighted by Crippen LogP contribution is 2.42. The maximum absolute atomic E-state index is 11.2. The fraction of sp³-hybridized carbons (Fsp3) is 0.545. The Morgan fingerprint density at radius 2 is 2.14 bits per heavy atom. The van der Waals surface area contributed by atoms with Gasteiger partial charge in [-0.05, 0) is 47.7 Å². The van der Waals surface area contributed by atoms with Crippen LogP contribution in [0.2, 0.25) is 0 Å². The highest BCUT2D eigenvalue weighted by molar-refractivity contribution is 9.10. The van der Waals surface area contributed by atoms with Crippen molar-refractivity contribution in [3.8, 4) is 0 Å². The molecule has 14 heavy (non-hydrogen) atoms. The molecule has 0 radical (unpaired) electrons. The number of rotatable bonds is 2. The number of halogens is 1. The zero-order chi connectivity index (χ0) is 10.1. The molecule has 0 spiro atoms. The molecule has 1 nitrogen and oxygen atoms in total. The molecule has 0 N–H and O–H groups in total. The largest absolute Gasteiger partial charge is 0.294 e. The van der Waals surface area contributed by atoms with E-state index < -0.39 is 0 Å². The van der Waals surface area contributed by atoms with Crippen LogP contribution in [0.3, 0.4) is 0 Å². The molecule has 0 atom stereocenters. The first-order valence-corrected chi connectivity index (χ1v) is 6.59. The Morgan fingerprint density at radius 3 is 2.64 bits per heavy atom. The van der Waals surface area contributed by atoms with Crippen LogP contribution in [-0.2, 0) is 0 Å². The third-order valence-corrected chi connectivity index (χ3v) is 5.10. The molecular formula is C11H13BrOS. The zero-order valence-electron chi connectivity index (χ0n) is 8.18. The van der Waals surface area contributed by atoms with Crippen molar-refractivity contribution in [2.45, 2.75) is 38.5 Å². The van der Waals surface area contributed by atoms with Crippen LogP contribution in [0.15, 0.2) is 10.5 Å². The van der Waals surface area contributed by atoms with Crippen LogP contribution < -0.4 is 0 Å². The van der Waals surface area contributed by atoms with Crippen LogP contribution in [-0.4, -0.2) is 5.78 Å². The predicted molar refractivity (Wildman–Crippen MR) is 63.2 cm³/mol. The summed E-state index contributed by atoms with van der Waals surface area (Å²) < 4.78 is 1.14. The summed E-state index contributed by atoms with van der Waals surface area (Å²) in [6.07, 6.45) is 5.25. The summed E-state index contributed by atoms with van der Waals surface area (Å²) in [7, 11) is 0. The molecule has 1 aromatic heterocycles. The summed E-state index contributed by atoms with van der Waals surface area (Å²) in [4.78, 5) is 13.5. The molecule has 0 saturated heterocycles. The van der Waals surface area contributed by atoms with Crippen LogP contribution in [0.25, 0.3) is 0 Å². The first-order chi connectivity index (χ1) is 6.68. The summed E-state index contributed by atoms with van der Waals surface area (Å²) in [5.74, 6) is 0.877. The summed E-state index contributed by atoms with van der Waals surface area (Å²) in [6.45, 7) is 1.64. The molecule has 0 amide bonds. The van der Waals surface area contributed by atoms with Crippen LogP contribution in [0.4, 0.5) is 0 Å². The molecule has 3 heteroatoms. The van der Waals surface area contributed by atoms with Crippen LogP contribution in [0.1, 0.15) is 53.1 Å². The second-order valence-corrected chi connectivity index (χ2v) is 5.80. The van der Waals surface area contributed by atoms with Gasteiger partial charge in [-0.2, -0.15) is 0 Å². The van der Waals surface area contributed by atoms with E-state index in [-0.39, 0.29) is 5.78 Å². The fourth-order valence-electron chi connectivity index (χ4n) is 2.02. The van der Waals surface area contributed by atoms with E-state index in [1.165, 1.54) is 30.6 Å². The monoisotopic (exact) mass is 272 g/mol.